The maximum atomic E-state index is 12.3. The first-order valence-electron chi connectivity index (χ1n) is 6.42. The van der Waals surface area contributed by atoms with Gasteiger partial charge in [0.05, 0.1) is 21.3 Å². The number of ether oxygens (including phenoxy) is 1. The Bertz CT molecular complexity index is 549. The van der Waals surface area contributed by atoms with Gasteiger partial charge in [-0.05, 0) is 73.1 Å². The van der Waals surface area contributed by atoms with Gasteiger partial charge in [-0.25, -0.2) is 4.79 Å². The molecular weight excluding hydrogens is 437 g/mol. The van der Waals surface area contributed by atoms with Crippen molar-refractivity contribution in [1.82, 2.24) is 14.7 Å². The Kier molecular flexibility index (Phi) is 4.14. The molecule has 1 aromatic heterocycles. The molecule has 0 N–H and O–H groups in total. The molecule has 0 fully saturated rings. The zero-order valence-corrected chi connectivity index (χ0v) is 16.1. The molecule has 0 radical (unpaired) electrons. The average Bonchev–Trinajstić information content (AvgIpc) is 2.54. The monoisotopic (exact) mass is 455 g/mol. The smallest absolute Gasteiger partial charge is 0.410 e. The van der Waals surface area contributed by atoms with Gasteiger partial charge in [-0.2, -0.15) is 5.10 Å². The van der Waals surface area contributed by atoms with E-state index in [9.17, 15) is 4.79 Å². The van der Waals surface area contributed by atoms with Gasteiger partial charge in [0, 0.05) is 6.54 Å². The lowest BCUT2D eigenvalue weighted by atomic mass is 10.0. The van der Waals surface area contributed by atoms with Crippen LogP contribution in [0.5, 0.6) is 0 Å². The Balaban J connectivity index is 2.30. The molecule has 20 heavy (non-hydrogen) atoms. The predicted octanol–water partition coefficient (Wildman–Crippen LogP) is 3.74. The minimum absolute atomic E-state index is 0.254. The van der Waals surface area contributed by atoms with Crippen LogP contribution in [0.15, 0.2) is 4.60 Å². The summed E-state index contributed by atoms with van der Waals surface area (Å²) < 4.78 is 9.35. The van der Waals surface area contributed by atoms with Gasteiger partial charge in [0.25, 0.3) is 0 Å². The molecule has 1 aliphatic heterocycles. The van der Waals surface area contributed by atoms with Crippen LogP contribution in [0, 0.1) is 3.57 Å². The summed E-state index contributed by atoms with van der Waals surface area (Å²) in [5, 5.41) is 4.52. The third-order valence-corrected chi connectivity index (χ3v) is 5.45. The van der Waals surface area contributed by atoms with Crippen LogP contribution in [0.4, 0.5) is 4.79 Å². The first kappa shape index (κ1) is 16.1. The highest BCUT2D eigenvalue weighted by Crippen LogP contribution is 2.33. The molecule has 5 nitrogen and oxygen atoms in total. The van der Waals surface area contributed by atoms with Crippen LogP contribution in [-0.4, -0.2) is 32.9 Å². The van der Waals surface area contributed by atoms with E-state index < -0.39 is 5.60 Å². The van der Waals surface area contributed by atoms with Crippen LogP contribution in [0.1, 0.15) is 40.3 Å². The van der Waals surface area contributed by atoms with Crippen LogP contribution in [0.3, 0.4) is 0 Å². The largest absolute Gasteiger partial charge is 0.444 e. The molecule has 0 atom stereocenters. The highest BCUT2D eigenvalue weighted by atomic mass is 127. The van der Waals surface area contributed by atoms with Gasteiger partial charge in [-0.15, -0.1) is 0 Å². The fourth-order valence-corrected chi connectivity index (χ4v) is 3.16. The highest BCUT2D eigenvalue weighted by molar-refractivity contribution is 14.1. The van der Waals surface area contributed by atoms with E-state index in [0.717, 1.165) is 13.9 Å². The quantitative estimate of drug-likeness (QED) is 0.560. The van der Waals surface area contributed by atoms with Crippen molar-refractivity contribution in [3.63, 3.8) is 0 Å². The number of carbonyl (C=O) groups is 1. The zero-order chi connectivity index (χ0) is 15.3. The van der Waals surface area contributed by atoms with Crippen molar-refractivity contribution in [3.8, 4) is 0 Å². The van der Waals surface area contributed by atoms with Gasteiger partial charge in [-0.1, -0.05) is 0 Å². The number of halogens is 2. The summed E-state index contributed by atoms with van der Waals surface area (Å²) in [5.41, 5.74) is 0.308. The van der Waals surface area contributed by atoms with Crippen molar-refractivity contribution in [2.45, 2.75) is 52.3 Å². The molecule has 0 bridgehead atoms. The van der Waals surface area contributed by atoms with Gasteiger partial charge in [-0.3, -0.25) is 9.58 Å². The fourth-order valence-electron chi connectivity index (χ4n) is 2.27. The van der Waals surface area contributed by atoms with E-state index in [1.165, 1.54) is 0 Å². The van der Waals surface area contributed by atoms with Crippen LogP contribution in [0.25, 0.3) is 0 Å². The molecule has 1 amide bonds. The normalized spacial score (nSPS) is 17.9. The third-order valence-electron chi connectivity index (χ3n) is 3.02. The molecule has 0 saturated heterocycles. The van der Waals surface area contributed by atoms with E-state index in [4.69, 9.17) is 4.74 Å². The molecule has 2 heterocycles. The predicted molar refractivity (Wildman–Crippen MR) is 88.6 cm³/mol. The van der Waals surface area contributed by atoms with Crippen molar-refractivity contribution in [2.24, 2.45) is 0 Å². The second-order valence-corrected chi connectivity index (χ2v) is 8.44. The summed E-state index contributed by atoms with van der Waals surface area (Å²) in [4.78, 5) is 14.0. The lowest BCUT2D eigenvalue weighted by Gasteiger charge is -2.39. The molecular formula is C13H19BrIN3O2. The molecule has 2 rings (SSSR count). The van der Waals surface area contributed by atoms with E-state index in [2.05, 4.69) is 57.5 Å². The second-order valence-electron chi connectivity index (χ2n) is 6.61. The fraction of sp³-hybridized carbons (Fsp3) is 0.692. The van der Waals surface area contributed by atoms with Gasteiger partial charge >= 0.3 is 6.09 Å². The lowest BCUT2D eigenvalue weighted by Crippen LogP contribution is -2.50. The van der Waals surface area contributed by atoms with E-state index in [-0.39, 0.29) is 11.6 Å². The number of rotatable bonds is 0. The van der Waals surface area contributed by atoms with Crippen LogP contribution >= 0.6 is 38.5 Å². The van der Waals surface area contributed by atoms with Crippen molar-refractivity contribution in [3.05, 3.63) is 13.9 Å². The first-order chi connectivity index (χ1) is 9.01. The summed E-state index contributed by atoms with van der Waals surface area (Å²) in [7, 11) is 0. The standard InChI is InChI=1S/C13H19BrIN3O2/c1-12(2,3)20-11(19)17-6-8-9(15)10(14)16-18(8)13(4,5)7-17/h6-7H2,1-5H3. The minimum atomic E-state index is -0.480. The van der Waals surface area contributed by atoms with E-state index in [1.807, 2.05) is 25.5 Å². The molecule has 1 aromatic rings. The maximum absolute atomic E-state index is 12.3. The zero-order valence-electron chi connectivity index (χ0n) is 12.3. The number of carbonyl (C=O) groups excluding carboxylic acids is 1. The Morgan fingerprint density at radius 3 is 2.60 bits per heavy atom. The van der Waals surface area contributed by atoms with Crippen molar-refractivity contribution in [1.29, 1.82) is 0 Å². The Hall–Kier alpha value is -0.310. The maximum Gasteiger partial charge on any atom is 0.410 e. The Morgan fingerprint density at radius 1 is 1.45 bits per heavy atom. The molecule has 112 valence electrons. The van der Waals surface area contributed by atoms with Gasteiger partial charge in [0.15, 0.2) is 0 Å². The summed E-state index contributed by atoms with van der Waals surface area (Å²) in [5.74, 6) is 0. The molecule has 1 aliphatic rings. The minimum Gasteiger partial charge on any atom is -0.444 e. The summed E-state index contributed by atoms with van der Waals surface area (Å²) >= 11 is 5.71. The first-order valence-corrected chi connectivity index (χ1v) is 8.30. The van der Waals surface area contributed by atoms with Crippen molar-refractivity contribution in [2.75, 3.05) is 6.54 Å². The van der Waals surface area contributed by atoms with Crippen LogP contribution in [-0.2, 0) is 16.8 Å². The number of fused-ring (bicyclic) bond motifs is 1. The van der Waals surface area contributed by atoms with Crippen molar-refractivity contribution < 1.29 is 9.53 Å². The molecule has 7 heteroatoms. The Morgan fingerprint density at radius 2 is 2.05 bits per heavy atom. The van der Waals surface area contributed by atoms with E-state index in [1.54, 1.807) is 4.90 Å². The Labute approximate surface area is 141 Å². The molecule has 0 aliphatic carbocycles. The molecule has 0 saturated carbocycles. The van der Waals surface area contributed by atoms with Crippen LogP contribution < -0.4 is 0 Å². The third kappa shape index (κ3) is 3.13. The molecule has 0 unspecified atom stereocenters. The SMILES string of the molecule is CC(C)(C)OC(=O)N1Cc2c(I)c(Br)nn2C(C)(C)C1. The summed E-state index contributed by atoms with van der Waals surface area (Å²) in [6.07, 6.45) is -0.273. The van der Waals surface area contributed by atoms with E-state index >= 15 is 0 Å². The lowest BCUT2D eigenvalue weighted by molar-refractivity contribution is 0.00897. The average molecular weight is 456 g/mol. The highest BCUT2D eigenvalue weighted by Gasteiger charge is 2.38. The number of hydrogen-bond donors (Lipinski definition) is 0. The van der Waals surface area contributed by atoms with Crippen molar-refractivity contribution >= 4 is 44.6 Å². The molecule has 0 spiro atoms. The topological polar surface area (TPSA) is 47.4 Å². The summed E-state index contributed by atoms with van der Waals surface area (Å²) in [6.45, 7) is 10.9. The number of aromatic nitrogens is 2. The number of nitrogens with zero attached hydrogens (tertiary/aromatic N) is 3. The number of amides is 1. The van der Waals surface area contributed by atoms with E-state index in [0.29, 0.717) is 13.1 Å². The van der Waals surface area contributed by atoms with Crippen LogP contribution in [0.2, 0.25) is 0 Å². The van der Waals surface area contributed by atoms with Gasteiger partial charge in [0.2, 0.25) is 0 Å². The second kappa shape index (κ2) is 5.15. The van der Waals surface area contributed by atoms with Gasteiger partial charge in [0.1, 0.15) is 10.2 Å². The molecule has 0 aromatic carbocycles. The summed E-state index contributed by atoms with van der Waals surface area (Å²) in [6, 6.07) is 0. The number of hydrogen-bond acceptors (Lipinski definition) is 3. The van der Waals surface area contributed by atoms with Gasteiger partial charge < -0.3 is 4.74 Å².